The molecule has 7 heteroatoms. The highest BCUT2D eigenvalue weighted by Gasteiger charge is 2.33. The third-order valence-corrected chi connectivity index (χ3v) is 5.06. The summed E-state index contributed by atoms with van der Waals surface area (Å²) < 4.78 is 5.27. The monoisotopic (exact) mass is 373 g/mol. The van der Waals surface area contributed by atoms with E-state index in [0.717, 1.165) is 19.4 Å². The Bertz CT molecular complexity index is 683. The zero-order valence-corrected chi connectivity index (χ0v) is 15.8. The first-order valence-electron chi connectivity index (χ1n) is 9.64. The summed E-state index contributed by atoms with van der Waals surface area (Å²) in [5.41, 5.74) is 1.23. The summed E-state index contributed by atoms with van der Waals surface area (Å²) in [6, 6.07) is 6.91. The third kappa shape index (κ3) is 4.86. The number of nitrogens with one attached hydrogen (secondary N) is 1. The van der Waals surface area contributed by atoms with Gasteiger partial charge in [-0.25, -0.2) is 0 Å². The van der Waals surface area contributed by atoms with Gasteiger partial charge >= 0.3 is 0 Å². The molecule has 146 valence electrons. The molecule has 1 aromatic rings. The number of carbonyl (C=O) groups excluding carboxylic acids is 3. The van der Waals surface area contributed by atoms with E-state index in [1.165, 1.54) is 0 Å². The molecule has 1 N–H and O–H groups in total. The highest BCUT2D eigenvalue weighted by molar-refractivity contribution is 5.98. The highest BCUT2D eigenvalue weighted by Crippen LogP contribution is 2.21. The summed E-state index contributed by atoms with van der Waals surface area (Å²) in [5, 5.41) is 2.86. The van der Waals surface area contributed by atoms with E-state index in [4.69, 9.17) is 4.74 Å². The predicted molar refractivity (Wildman–Crippen MR) is 101 cm³/mol. The molecule has 27 heavy (non-hydrogen) atoms. The van der Waals surface area contributed by atoms with Crippen LogP contribution in [0.4, 0.5) is 5.69 Å². The normalized spacial score (nSPS) is 20.0. The van der Waals surface area contributed by atoms with Crippen molar-refractivity contribution in [2.45, 2.75) is 26.2 Å². The van der Waals surface area contributed by atoms with Crippen LogP contribution in [0.25, 0.3) is 0 Å². The molecule has 2 aliphatic rings. The van der Waals surface area contributed by atoms with Crippen LogP contribution in [0.3, 0.4) is 0 Å². The fourth-order valence-electron chi connectivity index (χ4n) is 3.40. The third-order valence-electron chi connectivity index (χ3n) is 5.06. The second-order valence-electron chi connectivity index (χ2n) is 7.07. The molecule has 0 aliphatic carbocycles. The smallest absolute Gasteiger partial charge is 0.254 e. The van der Waals surface area contributed by atoms with Gasteiger partial charge in [0.25, 0.3) is 5.91 Å². The van der Waals surface area contributed by atoms with Crippen LogP contribution in [0.15, 0.2) is 24.3 Å². The van der Waals surface area contributed by atoms with Gasteiger partial charge in [-0.2, -0.15) is 0 Å². The average molecular weight is 373 g/mol. The summed E-state index contributed by atoms with van der Waals surface area (Å²) >= 11 is 0. The lowest BCUT2D eigenvalue weighted by atomic mass is 10.1. The zero-order valence-electron chi connectivity index (χ0n) is 15.8. The van der Waals surface area contributed by atoms with Gasteiger partial charge < -0.3 is 19.9 Å². The van der Waals surface area contributed by atoms with Gasteiger partial charge in [0.05, 0.1) is 19.1 Å². The van der Waals surface area contributed by atoms with Gasteiger partial charge in [-0.1, -0.05) is 13.3 Å². The van der Waals surface area contributed by atoms with Crippen molar-refractivity contribution < 1.29 is 19.1 Å². The number of hydrogen-bond acceptors (Lipinski definition) is 4. The number of carbonyl (C=O) groups is 3. The number of benzene rings is 1. The molecule has 0 saturated carbocycles. The Morgan fingerprint density at radius 1 is 1.19 bits per heavy atom. The SMILES string of the molecule is CCCCN1C[C@H](C(=O)Nc2ccc(C(=O)N3CCOCC3)cc2)CC1=O. The lowest BCUT2D eigenvalue weighted by Gasteiger charge is -2.26. The summed E-state index contributed by atoms with van der Waals surface area (Å²) in [6.45, 7) is 5.61. The van der Waals surface area contributed by atoms with E-state index >= 15 is 0 Å². The van der Waals surface area contributed by atoms with E-state index in [9.17, 15) is 14.4 Å². The number of rotatable bonds is 6. The Kier molecular flexibility index (Phi) is 6.45. The number of morpholine rings is 1. The molecule has 2 fully saturated rings. The van der Waals surface area contributed by atoms with Gasteiger partial charge in [0.1, 0.15) is 0 Å². The van der Waals surface area contributed by atoms with Crippen LogP contribution in [-0.2, 0) is 14.3 Å². The van der Waals surface area contributed by atoms with Gasteiger partial charge in [0, 0.05) is 43.9 Å². The molecule has 0 aromatic heterocycles. The van der Waals surface area contributed by atoms with Gasteiger partial charge in [0.2, 0.25) is 11.8 Å². The molecule has 7 nitrogen and oxygen atoms in total. The Morgan fingerprint density at radius 2 is 1.89 bits per heavy atom. The summed E-state index contributed by atoms with van der Waals surface area (Å²) in [4.78, 5) is 40.5. The minimum Gasteiger partial charge on any atom is -0.378 e. The average Bonchev–Trinajstić information content (AvgIpc) is 3.08. The highest BCUT2D eigenvalue weighted by atomic mass is 16.5. The summed E-state index contributed by atoms with van der Waals surface area (Å²) in [7, 11) is 0. The van der Waals surface area contributed by atoms with Crippen molar-refractivity contribution in [1.82, 2.24) is 9.80 Å². The fourth-order valence-corrected chi connectivity index (χ4v) is 3.40. The Balaban J connectivity index is 1.54. The molecular weight excluding hydrogens is 346 g/mol. The molecule has 0 radical (unpaired) electrons. The van der Waals surface area contributed by atoms with E-state index in [2.05, 4.69) is 12.2 Å². The molecular formula is C20H27N3O4. The fraction of sp³-hybridized carbons (Fsp3) is 0.550. The first kappa shape index (κ1) is 19.4. The van der Waals surface area contributed by atoms with E-state index in [0.29, 0.717) is 44.1 Å². The van der Waals surface area contributed by atoms with Crippen molar-refractivity contribution in [3.05, 3.63) is 29.8 Å². The number of likely N-dealkylation sites (tertiary alicyclic amines) is 1. The number of hydrogen-bond donors (Lipinski definition) is 1. The van der Waals surface area contributed by atoms with E-state index < -0.39 is 0 Å². The molecule has 2 aliphatic heterocycles. The van der Waals surface area contributed by atoms with Crippen LogP contribution in [-0.4, -0.2) is 66.9 Å². The van der Waals surface area contributed by atoms with Gasteiger partial charge in [-0.15, -0.1) is 0 Å². The minimum absolute atomic E-state index is 0.0240. The van der Waals surface area contributed by atoms with Crippen LogP contribution in [0, 0.1) is 5.92 Å². The number of ether oxygens (including phenoxy) is 1. The maximum atomic E-state index is 12.5. The van der Waals surface area contributed by atoms with Gasteiger partial charge in [-0.3, -0.25) is 14.4 Å². The first-order valence-corrected chi connectivity index (χ1v) is 9.64. The molecule has 2 heterocycles. The molecule has 0 bridgehead atoms. The maximum absolute atomic E-state index is 12.5. The summed E-state index contributed by atoms with van der Waals surface area (Å²) in [6.07, 6.45) is 2.25. The van der Waals surface area contributed by atoms with Gasteiger partial charge in [0.15, 0.2) is 0 Å². The maximum Gasteiger partial charge on any atom is 0.254 e. The number of amides is 3. The van der Waals surface area contributed by atoms with Crippen molar-refractivity contribution in [3.8, 4) is 0 Å². The molecule has 3 amide bonds. The molecule has 0 spiro atoms. The minimum atomic E-state index is -0.316. The predicted octanol–water partition coefficient (Wildman–Crippen LogP) is 1.75. The van der Waals surface area contributed by atoms with E-state index in [-0.39, 0.29) is 30.1 Å². The Hall–Kier alpha value is -2.41. The van der Waals surface area contributed by atoms with Crippen LogP contribution >= 0.6 is 0 Å². The Labute approximate surface area is 159 Å². The topological polar surface area (TPSA) is 79.0 Å². The number of nitrogens with zero attached hydrogens (tertiary/aromatic N) is 2. The molecule has 2 saturated heterocycles. The lowest BCUT2D eigenvalue weighted by Crippen LogP contribution is -2.40. The van der Waals surface area contributed by atoms with Crippen molar-refractivity contribution in [1.29, 1.82) is 0 Å². The molecule has 3 rings (SSSR count). The zero-order chi connectivity index (χ0) is 19.2. The second kappa shape index (κ2) is 8.99. The van der Waals surface area contributed by atoms with Crippen molar-refractivity contribution in [3.63, 3.8) is 0 Å². The van der Waals surface area contributed by atoms with Crippen molar-refractivity contribution in [2.75, 3.05) is 44.7 Å². The largest absolute Gasteiger partial charge is 0.378 e. The molecule has 1 aromatic carbocycles. The van der Waals surface area contributed by atoms with Crippen LogP contribution in [0.2, 0.25) is 0 Å². The van der Waals surface area contributed by atoms with Crippen molar-refractivity contribution >= 4 is 23.4 Å². The Morgan fingerprint density at radius 3 is 2.56 bits per heavy atom. The lowest BCUT2D eigenvalue weighted by molar-refractivity contribution is -0.128. The quantitative estimate of drug-likeness (QED) is 0.824. The van der Waals surface area contributed by atoms with E-state index in [1.807, 2.05) is 0 Å². The van der Waals surface area contributed by atoms with Gasteiger partial charge in [-0.05, 0) is 30.7 Å². The van der Waals surface area contributed by atoms with Crippen LogP contribution in [0.5, 0.6) is 0 Å². The first-order chi connectivity index (χ1) is 13.1. The molecule has 1 atom stereocenters. The van der Waals surface area contributed by atoms with Crippen LogP contribution < -0.4 is 5.32 Å². The number of anilines is 1. The summed E-state index contributed by atoms with van der Waals surface area (Å²) in [5.74, 6) is -0.433. The molecule has 0 unspecified atom stereocenters. The second-order valence-corrected chi connectivity index (χ2v) is 7.07. The van der Waals surface area contributed by atoms with E-state index in [1.54, 1.807) is 34.1 Å². The standard InChI is InChI=1S/C20H27N3O4/c1-2-3-8-23-14-16(13-18(23)24)19(25)21-17-6-4-15(5-7-17)20(26)22-9-11-27-12-10-22/h4-7,16H,2-3,8-14H2,1H3,(H,21,25)/t16-/m1/s1. The van der Waals surface area contributed by atoms with Crippen LogP contribution in [0.1, 0.15) is 36.5 Å². The number of unbranched alkanes of at least 4 members (excludes halogenated alkanes) is 1. The van der Waals surface area contributed by atoms with Crippen molar-refractivity contribution in [2.24, 2.45) is 5.92 Å².